The maximum Gasteiger partial charge on any atom is 0.303 e. The van der Waals surface area contributed by atoms with Gasteiger partial charge in [-0.3, -0.25) is 9.59 Å². The van der Waals surface area contributed by atoms with Crippen LogP contribution >= 0.6 is 0 Å². The molecule has 2 rings (SSSR count). The van der Waals surface area contributed by atoms with Gasteiger partial charge in [-0.15, -0.1) is 0 Å². The Labute approximate surface area is 148 Å². The molecule has 0 saturated heterocycles. The van der Waals surface area contributed by atoms with Gasteiger partial charge in [0.05, 0.1) is 13.0 Å². The molecule has 1 atom stereocenters. The normalized spacial score (nSPS) is 11.9. The first-order valence-corrected chi connectivity index (χ1v) is 8.58. The molecule has 0 bridgehead atoms. The number of carboxylic acids is 1. The molecule has 0 spiro atoms. The van der Waals surface area contributed by atoms with E-state index in [-0.39, 0.29) is 18.2 Å². The molecule has 0 aliphatic heterocycles. The van der Waals surface area contributed by atoms with Crippen LogP contribution in [0.3, 0.4) is 0 Å². The van der Waals surface area contributed by atoms with Crippen LogP contribution in [0.5, 0.6) is 5.75 Å². The van der Waals surface area contributed by atoms with Crippen LogP contribution in [-0.2, 0) is 9.59 Å². The Bertz CT molecular complexity index is 742. The Kier molecular flexibility index (Phi) is 6.81. The lowest BCUT2D eigenvalue weighted by Gasteiger charge is -2.13. The SMILES string of the molecule is COc1ccc2cc(C(C)C(=O)NCCCCCC(=O)O)ccc2c1. The molecule has 2 aromatic rings. The first-order valence-electron chi connectivity index (χ1n) is 8.58. The summed E-state index contributed by atoms with van der Waals surface area (Å²) in [5, 5.41) is 13.7. The number of fused-ring (bicyclic) bond motifs is 1. The number of carboxylic acid groups (broad SMARTS) is 1. The highest BCUT2D eigenvalue weighted by Gasteiger charge is 2.15. The van der Waals surface area contributed by atoms with Crippen molar-refractivity contribution < 1.29 is 19.4 Å². The van der Waals surface area contributed by atoms with Gasteiger partial charge in [-0.05, 0) is 48.2 Å². The van der Waals surface area contributed by atoms with Gasteiger partial charge in [-0.25, -0.2) is 0 Å². The lowest BCUT2D eigenvalue weighted by Crippen LogP contribution is -2.28. The van der Waals surface area contributed by atoms with E-state index in [2.05, 4.69) is 5.32 Å². The molecule has 0 radical (unpaired) electrons. The first kappa shape index (κ1) is 18.8. The molecule has 5 heteroatoms. The number of benzene rings is 2. The predicted octanol–water partition coefficient (Wildman–Crippen LogP) is 3.71. The molecule has 0 heterocycles. The molecule has 25 heavy (non-hydrogen) atoms. The minimum Gasteiger partial charge on any atom is -0.497 e. The standard InChI is InChI=1S/C20H25NO4/c1-14(20(24)21-11-5-3-4-6-19(22)23)15-7-8-17-13-18(25-2)10-9-16(17)12-15/h7-10,12-14H,3-6,11H2,1-2H3,(H,21,24)(H,22,23). The fourth-order valence-corrected chi connectivity index (χ4v) is 2.73. The minimum atomic E-state index is -0.772. The first-order chi connectivity index (χ1) is 12.0. The van der Waals surface area contributed by atoms with Gasteiger partial charge in [0.25, 0.3) is 0 Å². The molecule has 0 saturated carbocycles. The van der Waals surface area contributed by atoms with Gasteiger partial charge in [0.15, 0.2) is 0 Å². The third-order valence-corrected chi connectivity index (χ3v) is 4.33. The van der Waals surface area contributed by atoms with Crippen LogP contribution in [0, 0.1) is 0 Å². The van der Waals surface area contributed by atoms with Gasteiger partial charge in [-0.1, -0.05) is 30.7 Å². The summed E-state index contributed by atoms with van der Waals surface area (Å²) in [5.41, 5.74) is 0.973. The van der Waals surface area contributed by atoms with Crippen molar-refractivity contribution in [1.82, 2.24) is 5.32 Å². The van der Waals surface area contributed by atoms with E-state index in [1.165, 1.54) is 0 Å². The Hall–Kier alpha value is -2.56. The summed E-state index contributed by atoms with van der Waals surface area (Å²) in [5.74, 6) is -0.197. The smallest absolute Gasteiger partial charge is 0.303 e. The van der Waals surface area contributed by atoms with Crippen LogP contribution in [0.4, 0.5) is 0 Å². The summed E-state index contributed by atoms with van der Waals surface area (Å²) in [6.45, 7) is 2.47. The fourth-order valence-electron chi connectivity index (χ4n) is 2.73. The van der Waals surface area contributed by atoms with Crippen molar-refractivity contribution in [2.24, 2.45) is 0 Å². The minimum absolute atomic E-state index is 0.00824. The lowest BCUT2D eigenvalue weighted by atomic mass is 9.97. The number of hydrogen-bond acceptors (Lipinski definition) is 3. The molecule has 134 valence electrons. The van der Waals surface area contributed by atoms with E-state index in [9.17, 15) is 9.59 Å². The second-order valence-corrected chi connectivity index (χ2v) is 6.19. The average Bonchev–Trinajstić information content (AvgIpc) is 2.62. The highest BCUT2D eigenvalue weighted by molar-refractivity contribution is 5.88. The molecule has 0 fully saturated rings. The van der Waals surface area contributed by atoms with Gasteiger partial charge in [0.2, 0.25) is 5.91 Å². The molecule has 1 amide bonds. The number of rotatable bonds is 9. The molecule has 0 aliphatic carbocycles. The molecule has 1 unspecified atom stereocenters. The van der Waals surface area contributed by atoms with E-state index >= 15 is 0 Å². The monoisotopic (exact) mass is 343 g/mol. The number of nitrogens with one attached hydrogen (secondary N) is 1. The summed E-state index contributed by atoms with van der Waals surface area (Å²) in [6.07, 6.45) is 2.43. The van der Waals surface area contributed by atoms with Gasteiger partial charge < -0.3 is 15.2 Å². The van der Waals surface area contributed by atoms with Crippen molar-refractivity contribution in [2.75, 3.05) is 13.7 Å². The number of carbonyl (C=O) groups is 2. The van der Waals surface area contributed by atoms with Crippen LogP contribution in [0.2, 0.25) is 0 Å². The van der Waals surface area contributed by atoms with Gasteiger partial charge in [-0.2, -0.15) is 0 Å². The summed E-state index contributed by atoms with van der Waals surface area (Å²) >= 11 is 0. The van der Waals surface area contributed by atoms with Crippen LogP contribution in [0.1, 0.15) is 44.1 Å². The molecular formula is C20H25NO4. The molecule has 2 N–H and O–H groups in total. The van der Waals surface area contributed by atoms with Gasteiger partial charge >= 0.3 is 5.97 Å². The van der Waals surface area contributed by atoms with Crippen molar-refractivity contribution in [1.29, 1.82) is 0 Å². The largest absolute Gasteiger partial charge is 0.497 e. The fraction of sp³-hybridized carbons (Fsp3) is 0.400. The number of amides is 1. The quantitative estimate of drug-likeness (QED) is 0.681. The summed E-state index contributed by atoms with van der Waals surface area (Å²) in [6, 6.07) is 11.9. The summed E-state index contributed by atoms with van der Waals surface area (Å²) < 4.78 is 5.23. The van der Waals surface area contributed by atoms with E-state index in [0.717, 1.165) is 34.9 Å². The van der Waals surface area contributed by atoms with E-state index < -0.39 is 5.97 Å². The second kappa shape index (κ2) is 9.06. The third-order valence-electron chi connectivity index (χ3n) is 4.33. The van der Waals surface area contributed by atoms with Gasteiger partial charge in [0, 0.05) is 13.0 Å². The van der Waals surface area contributed by atoms with E-state index in [1.54, 1.807) is 7.11 Å². The van der Waals surface area contributed by atoms with Crippen molar-refractivity contribution in [3.8, 4) is 5.75 Å². The highest BCUT2D eigenvalue weighted by atomic mass is 16.5. The van der Waals surface area contributed by atoms with Crippen molar-refractivity contribution in [3.05, 3.63) is 42.0 Å². The molecule has 2 aromatic carbocycles. The molecule has 5 nitrogen and oxygen atoms in total. The van der Waals surface area contributed by atoms with E-state index in [0.29, 0.717) is 13.0 Å². The zero-order chi connectivity index (χ0) is 18.2. The summed E-state index contributed by atoms with van der Waals surface area (Å²) in [4.78, 5) is 22.7. The van der Waals surface area contributed by atoms with Crippen molar-refractivity contribution in [2.45, 2.75) is 38.5 Å². The Morgan fingerprint density at radius 1 is 1.08 bits per heavy atom. The third kappa shape index (κ3) is 5.48. The number of carbonyl (C=O) groups excluding carboxylic acids is 1. The van der Waals surface area contributed by atoms with Crippen LogP contribution in [0.15, 0.2) is 36.4 Å². The summed E-state index contributed by atoms with van der Waals surface area (Å²) in [7, 11) is 1.64. The molecular weight excluding hydrogens is 318 g/mol. The Morgan fingerprint density at radius 3 is 2.52 bits per heavy atom. The Balaban J connectivity index is 1.88. The van der Waals surface area contributed by atoms with Crippen LogP contribution in [-0.4, -0.2) is 30.6 Å². The van der Waals surface area contributed by atoms with E-state index in [1.807, 2.05) is 43.3 Å². The number of ether oxygens (including phenoxy) is 1. The highest BCUT2D eigenvalue weighted by Crippen LogP contribution is 2.25. The van der Waals surface area contributed by atoms with E-state index in [4.69, 9.17) is 9.84 Å². The zero-order valence-corrected chi connectivity index (χ0v) is 14.7. The molecule has 0 aliphatic rings. The second-order valence-electron chi connectivity index (χ2n) is 6.19. The number of aliphatic carboxylic acids is 1. The number of methoxy groups -OCH3 is 1. The average molecular weight is 343 g/mol. The predicted molar refractivity (Wildman–Crippen MR) is 98.0 cm³/mol. The lowest BCUT2D eigenvalue weighted by molar-refractivity contribution is -0.137. The topological polar surface area (TPSA) is 75.6 Å². The van der Waals surface area contributed by atoms with Crippen LogP contribution in [0.25, 0.3) is 10.8 Å². The van der Waals surface area contributed by atoms with Gasteiger partial charge in [0.1, 0.15) is 5.75 Å². The van der Waals surface area contributed by atoms with Crippen molar-refractivity contribution >= 4 is 22.6 Å². The number of hydrogen-bond donors (Lipinski definition) is 2. The molecule has 0 aromatic heterocycles. The Morgan fingerprint density at radius 2 is 1.80 bits per heavy atom. The maximum absolute atomic E-state index is 12.3. The number of unbranched alkanes of at least 4 members (excludes halogenated alkanes) is 2. The maximum atomic E-state index is 12.3. The van der Waals surface area contributed by atoms with Crippen LogP contribution < -0.4 is 10.1 Å². The zero-order valence-electron chi connectivity index (χ0n) is 14.7. The van der Waals surface area contributed by atoms with Crippen molar-refractivity contribution in [3.63, 3.8) is 0 Å².